The summed E-state index contributed by atoms with van der Waals surface area (Å²) < 4.78 is 0. The van der Waals surface area contributed by atoms with E-state index in [0.29, 0.717) is 5.92 Å². The molecule has 4 heteroatoms. The SMILES string of the molecule is CCCCC[C@H](O)c1ccc(C2=C(Cl)CC[C@@H]2CCCc2cc[c-]s2)cc1.[Y]. The van der Waals surface area contributed by atoms with Crippen LogP contribution in [-0.2, 0) is 39.1 Å². The molecule has 2 aromatic rings. The minimum Gasteiger partial charge on any atom is -0.388 e. The van der Waals surface area contributed by atoms with Crippen LogP contribution in [0.3, 0.4) is 0 Å². The fourth-order valence-electron chi connectivity index (χ4n) is 4.05. The van der Waals surface area contributed by atoms with Crippen molar-refractivity contribution in [1.29, 1.82) is 0 Å². The predicted octanol–water partition coefficient (Wildman–Crippen LogP) is 7.54. The number of allylic oxidation sites excluding steroid dienone is 2. The van der Waals surface area contributed by atoms with Gasteiger partial charge in [-0.15, -0.1) is 10.3 Å². The first-order valence-corrected chi connectivity index (χ1v) is 11.5. The maximum Gasteiger partial charge on any atom is 0.0790 e. The zero-order chi connectivity index (χ0) is 19.1. The van der Waals surface area contributed by atoms with E-state index in [0.717, 1.165) is 42.7 Å². The van der Waals surface area contributed by atoms with Gasteiger partial charge < -0.3 is 16.4 Å². The van der Waals surface area contributed by atoms with Gasteiger partial charge in [0, 0.05) is 37.7 Å². The van der Waals surface area contributed by atoms with Crippen LogP contribution in [0.1, 0.15) is 80.4 Å². The molecule has 0 aliphatic heterocycles. The molecule has 0 saturated carbocycles. The number of rotatable bonds is 10. The molecule has 28 heavy (non-hydrogen) atoms. The Balaban J connectivity index is 0.00000280. The molecule has 1 heterocycles. The average Bonchev–Trinajstić information content (AvgIpc) is 3.32. The fraction of sp³-hybridized carbons (Fsp3) is 0.500. The molecule has 1 nitrogen and oxygen atoms in total. The minimum atomic E-state index is -0.350. The largest absolute Gasteiger partial charge is 0.388 e. The predicted molar refractivity (Wildman–Crippen MR) is 117 cm³/mol. The van der Waals surface area contributed by atoms with E-state index in [9.17, 15) is 5.11 Å². The van der Waals surface area contributed by atoms with Crippen LogP contribution in [0.25, 0.3) is 5.57 Å². The fourth-order valence-corrected chi connectivity index (χ4v) is 5.09. The van der Waals surface area contributed by atoms with E-state index < -0.39 is 0 Å². The molecule has 0 bridgehead atoms. The van der Waals surface area contributed by atoms with Crippen molar-refractivity contribution in [2.45, 2.75) is 70.8 Å². The Morgan fingerprint density at radius 2 is 1.96 bits per heavy atom. The molecular formula is C24H30ClOSY-. The van der Waals surface area contributed by atoms with Crippen LogP contribution < -0.4 is 0 Å². The zero-order valence-corrected chi connectivity index (χ0v) is 21.2. The van der Waals surface area contributed by atoms with Gasteiger partial charge in [-0.25, -0.2) is 6.07 Å². The zero-order valence-electron chi connectivity index (χ0n) is 16.8. The van der Waals surface area contributed by atoms with Gasteiger partial charge in [-0.2, -0.15) is 6.07 Å². The Morgan fingerprint density at radius 1 is 1.18 bits per heavy atom. The standard InChI is InChI=1S/C24H30ClOS.Y/c1-2-3-4-10-23(26)18-11-13-20(14-12-18)24-19(15-16-22(24)25)7-5-8-21-9-6-17-27-21;/h6,9,11-14,19,23,26H,2-5,7-8,10,15-16H2,1H3;/q-1;/t19-,23-;/m0./s1. The molecule has 0 spiro atoms. The Morgan fingerprint density at radius 3 is 2.64 bits per heavy atom. The molecule has 2 atom stereocenters. The van der Waals surface area contributed by atoms with Crippen molar-refractivity contribution in [2.24, 2.45) is 5.92 Å². The van der Waals surface area contributed by atoms with Gasteiger partial charge >= 0.3 is 0 Å². The van der Waals surface area contributed by atoms with E-state index in [1.165, 1.54) is 41.7 Å². The molecule has 1 aromatic heterocycles. The van der Waals surface area contributed by atoms with Gasteiger partial charge in [-0.05, 0) is 48.3 Å². The second-order valence-corrected chi connectivity index (χ2v) is 9.02. The number of hydrogen-bond donors (Lipinski definition) is 1. The summed E-state index contributed by atoms with van der Waals surface area (Å²) in [7, 11) is 0. The van der Waals surface area contributed by atoms with E-state index in [-0.39, 0.29) is 38.8 Å². The van der Waals surface area contributed by atoms with E-state index in [1.807, 2.05) is 6.07 Å². The third kappa shape index (κ3) is 6.78. The van der Waals surface area contributed by atoms with Crippen LogP contribution in [0, 0.1) is 11.3 Å². The van der Waals surface area contributed by atoms with E-state index in [2.05, 4.69) is 42.6 Å². The molecule has 0 fully saturated rings. The third-order valence-corrected chi connectivity index (χ3v) is 6.85. The number of thiophene rings is 1. The molecule has 149 valence electrons. The van der Waals surface area contributed by atoms with Gasteiger partial charge in [0.25, 0.3) is 0 Å². The summed E-state index contributed by atoms with van der Waals surface area (Å²) in [5.41, 5.74) is 3.59. The van der Waals surface area contributed by atoms with Crippen LogP contribution in [0.15, 0.2) is 41.4 Å². The first kappa shape index (κ1) is 24.3. The van der Waals surface area contributed by atoms with Gasteiger partial charge in [0.2, 0.25) is 0 Å². The van der Waals surface area contributed by atoms with Crippen molar-refractivity contribution < 1.29 is 37.8 Å². The quantitative estimate of drug-likeness (QED) is 0.269. The molecule has 0 unspecified atom stereocenters. The number of aliphatic hydroxyl groups excluding tert-OH is 1. The van der Waals surface area contributed by atoms with Crippen LogP contribution >= 0.6 is 22.9 Å². The first-order chi connectivity index (χ1) is 13.2. The summed E-state index contributed by atoms with van der Waals surface area (Å²) in [5.74, 6) is 0.557. The molecule has 0 amide bonds. The monoisotopic (exact) mass is 490 g/mol. The number of benzene rings is 1. The second-order valence-electron chi connectivity index (χ2n) is 7.60. The van der Waals surface area contributed by atoms with Crippen molar-refractivity contribution in [3.63, 3.8) is 0 Å². The second kappa shape index (κ2) is 12.7. The number of aliphatic hydroxyl groups is 1. The molecule has 1 N–H and O–H groups in total. The normalized spacial score (nSPS) is 17.6. The average molecular weight is 491 g/mol. The summed E-state index contributed by atoms with van der Waals surface area (Å²) in [5, 5.41) is 14.6. The minimum absolute atomic E-state index is 0. The Kier molecular flexibility index (Phi) is 11.0. The molecule has 1 radical (unpaired) electrons. The smallest absolute Gasteiger partial charge is 0.0790 e. The molecule has 0 saturated heterocycles. The van der Waals surface area contributed by atoms with Gasteiger partial charge in [-0.1, -0.05) is 74.9 Å². The molecule has 1 aliphatic rings. The summed E-state index contributed by atoms with van der Waals surface area (Å²) in [6.45, 7) is 2.19. The van der Waals surface area contributed by atoms with Crippen LogP contribution in [-0.4, -0.2) is 5.11 Å². The summed E-state index contributed by atoms with van der Waals surface area (Å²) in [6, 6.07) is 12.7. The number of halogens is 1. The van der Waals surface area contributed by atoms with Crippen molar-refractivity contribution in [2.75, 3.05) is 0 Å². The Bertz CT molecular complexity index is 724. The van der Waals surface area contributed by atoms with Crippen molar-refractivity contribution in [3.05, 3.63) is 62.8 Å². The van der Waals surface area contributed by atoms with Crippen LogP contribution in [0.4, 0.5) is 0 Å². The third-order valence-electron chi connectivity index (χ3n) is 5.60. The van der Waals surface area contributed by atoms with Crippen molar-refractivity contribution in [3.8, 4) is 0 Å². The van der Waals surface area contributed by atoms with Gasteiger partial charge in [-0.3, -0.25) is 0 Å². The van der Waals surface area contributed by atoms with Crippen LogP contribution in [0.2, 0.25) is 0 Å². The van der Waals surface area contributed by atoms with Crippen LogP contribution in [0.5, 0.6) is 0 Å². The number of aryl methyl sites for hydroxylation is 1. The maximum absolute atomic E-state index is 10.4. The Labute approximate surface area is 204 Å². The summed E-state index contributed by atoms with van der Waals surface area (Å²) in [4.78, 5) is 1.42. The topological polar surface area (TPSA) is 20.2 Å². The Hall–Kier alpha value is 0.0139. The van der Waals surface area contributed by atoms with E-state index >= 15 is 0 Å². The van der Waals surface area contributed by atoms with Gasteiger partial charge in [0.15, 0.2) is 0 Å². The summed E-state index contributed by atoms with van der Waals surface area (Å²) in [6.07, 6.45) is 9.62. The molecule has 3 rings (SSSR count). The first-order valence-electron chi connectivity index (χ1n) is 10.3. The van der Waals surface area contributed by atoms with Crippen molar-refractivity contribution >= 4 is 28.5 Å². The van der Waals surface area contributed by atoms with Crippen molar-refractivity contribution in [1.82, 2.24) is 0 Å². The molecule has 1 aromatic carbocycles. The maximum atomic E-state index is 10.4. The number of hydrogen-bond acceptors (Lipinski definition) is 2. The summed E-state index contributed by atoms with van der Waals surface area (Å²) >= 11 is 8.33. The van der Waals surface area contributed by atoms with Gasteiger partial charge in [0.1, 0.15) is 0 Å². The van der Waals surface area contributed by atoms with E-state index in [1.54, 1.807) is 11.3 Å². The number of unbranched alkanes of at least 4 members (excludes halogenated alkanes) is 2. The van der Waals surface area contributed by atoms with Gasteiger partial charge in [0.05, 0.1) is 6.10 Å². The molecule has 1 aliphatic carbocycles. The van der Waals surface area contributed by atoms with E-state index in [4.69, 9.17) is 11.6 Å². The molecular weight excluding hydrogens is 461 g/mol.